The molecule has 0 aromatic heterocycles. The van der Waals surface area contributed by atoms with Gasteiger partial charge in [0.15, 0.2) is 0 Å². The van der Waals surface area contributed by atoms with Gasteiger partial charge in [0.2, 0.25) is 0 Å². The monoisotopic (exact) mass is 293 g/mol. The van der Waals surface area contributed by atoms with Crippen molar-refractivity contribution in [2.24, 2.45) is 0 Å². The van der Waals surface area contributed by atoms with Crippen molar-refractivity contribution in [3.05, 3.63) is 29.6 Å². The summed E-state index contributed by atoms with van der Waals surface area (Å²) in [5.74, 6) is -0.147. The molecule has 1 unspecified atom stereocenters. The van der Waals surface area contributed by atoms with Gasteiger partial charge in [-0.15, -0.1) is 0 Å². The van der Waals surface area contributed by atoms with Gasteiger partial charge in [-0.3, -0.25) is 0 Å². The van der Waals surface area contributed by atoms with Gasteiger partial charge in [-0.2, -0.15) is 0 Å². The van der Waals surface area contributed by atoms with Crippen LogP contribution in [0.15, 0.2) is 18.2 Å². The first kappa shape index (κ1) is 16.2. The molecule has 0 spiro atoms. The third-order valence-electron chi connectivity index (χ3n) is 4.22. The molecule has 3 nitrogen and oxygen atoms in total. The number of rotatable bonds is 5. The molecule has 1 aromatic carbocycles. The Hall–Kier alpha value is -1.13. The minimum atomic E-state index is -0.147. The van der Waals surface area contributed by atoms with Gasteiger partial charge in [0, 0.05) is 31.4 Å². The lowest BCUT2D eigenvalue weighted by molar-refractivity contribution is 0.360. The zero-order valence-corrected chi connectivity index (χ0v) is 13.5. The maximum Gasteiger partial charge on any atom is 0.123 e. The van der Waals surface area contributed by atoms with Crippen molar-refractivity contribution in [1.29, 1.82) is 0 Å². The third kappa shape index (κ3) is 4.42. The molecule has 0 bridgehead atoms. The maximum absolute atomic E-state index is 13.7. The van der Waals surface area contributed by atoms with E-state index in [2.05, 4.69) is 36.0 Å². The number of hydrogen-bond donors (Lipinski definition) is 1. The van der Waals surface area contributed by atoms with Crippen molar-refractivity contribution in [1.82, 2.24) is 10.2 Å². The van der Waals surface area contributed by atoms with Crippen LogP contribution in [0.1, 0.15) is 38.3 Å². The molecular formula is C17H28FN3. The number of hydrogen-bond acceptors (Lipinski definition) is 3. The average molecular weight is 293 g/mol. The predicted octanol–water partition coefficient (Wildman–Crippen LogP) is 3.03. The Bertz CT molecular complexity index is 450. The number of nitrogens with zero attached hydrogens (tertiary/aromatic N) is 2. The summed E-state index contributed by atoms with van der Waals surface area (Å²) in [6, 6.07) is 5.40. The summed E-state index contributed by atoms with van der Waals surface area (Å²) in [5, 5.41) is 3.48. The molecule has 118 valence electrons. The van der Waals surface area contributed by atoms with Crippen LogP contribution in [0.4, 0.5) is 10.1 Å². The lowest BCUT2D eigenvalue weighted by atomic mass is 10.0. The van der Waals surface area contributed by atoms with E-state index in [1.807, 2.05) is 6.07 Å². The Morgan fingerprint density at radius 2 is 2.05 bits per heavy atom. The summed E-state index contributed by atoms with van der Waals surface area (Å²) in [7, 11) is 2.17. The van der Waals surface area contributed by atoms with E-state index in [0.29, 0.717) is 0 Å². The van der Waals surface area contributed by atoms with Gasteiger partial charge >= 0.3 is 0 Å². The molecule has 1 aliphatic rings. The zero-order valence-electron chi connectivity index (χ0n) is 13.5. The molecule has 1 aliphatic heterocycles. The van der Waals surface area contributed by atoms with Crippen LogP contribution < -0.4 is 10.2 Å². The fourth-order valence-corrected chi connectivity index (χ4v) is 2.92. The van der Waals surface area contributed by atoms with Crippen molar-refractivity contribution in [3.8, 4) is 0 Å². The van der Waals surface area contributed by atoms with Gasteiger partial charge in [-0.05, 0) is 63.7 Å². The zero-order chi connectivity index (χ0) is 15.2. The topological polar surface area (TPSA) is 18.5 Å². The van der Waals surface area contributed by atoms with Crippen LogP contribution in [0, 0.1) is 5.82 Å². The molecule has 2 rings (SSSR count). The number of likely N-dealkylation sites (N-methyl/N-ethyl adjacent to an activating group) is 1. The minimum absolute atomic E-state index is 0.147. The van der Waals surface area contributed by atoms with Crippen LogP contribution in [-0.2, 0) is 0 Å². The number of nitrogens with one attached hydrogen (secondary N) is 1. The molecule has 1 saturated heterocycles. The van der Waals surface area contributed by atoms with E-state index >= 15 is 0 Å². The molecule has 0 radical (unpaired) electrons. The summed E-state index contributed by atoms with van der Waals surface area (Å²) >= 11 is 0. The van der Waals surface area contributed by atoms with Crippen molar-refractivity contribution >= 4 is 5.69 Å². The van der Waals surface area contributed by atoms with Crippen LogP contribution in [0.5, 0.6) is 0 Å². The van der Waals surface area contributed by atoms with E-state index in [1.165, 1.54) is 5.69 Å². The van der Waals surface area contributed by atoms with Crippen LogP contribution >= 0.6 is 0 Å². The van der Waals surface area contributed by atoms with E-state index in [1.54, 1.807) is 12.1 Å². The first-order valence-corrected chi connectivity index (χ1v) is 8.08. The quantitative estimate of drug-likeness (QED) is 0.900. The summed E-state index contributed by atoms with van der Waals surface area (Å²) in [5.41, 5.74) is 2.26. The largest absolute Gasteiger partial charge is 0.370 e. The Morgan fingerprint density at radius 3 is 2.81 bits per heavy atom. The van der Waals surface area contributed by atoms with E-state index in [9.17, 15) is 4.39 Å². The highest BCUT2D eigenvalue weighted by molar-refractivity contribution is 5.55. The van der Waals surface area contributed by atoms with E-state index < -0.39 is 0 Å². The Labute approximate surface area is 128 Å². The Morgan fingerprint density at radius 1 is 1.24 bits per heavy atom. The highest BCUT2D eigenvalue weighted by Crippen LogP contribution is 2.28. The lowest BCUT2D eigenvalue weighted by Crippen LogP contribution is -2.31. The molecular weight excluding hydrogens is 265 g/mol. The highest BCUT2D eigenvalue weighted by Gasteiger charge is 2.18. The maximum atomic E-state index is 13.7. The number of benzene rings is 1. The van der Waals surface area contributed by atoms with Crippen LogP contribution in [-0.4, -0.2) is 44.7 Å². The number of anilines is 1. The standard InChI is InChI=1S/C17H28FN3/c1-4-8-19-14(2)16-13-15(18)6-7-17(16)21-10-5-9-20(3)11-12-21/h6-7,13-14,19H,4-5,8-12H2,1-3H3. The Kier molecular flexibility index (Phi) is 6.00. The highest BCUT2D eigenvalue weighted by atomic mass is 19.1. The second kappa shape index (κ2) is 7.76. The fraction of sp³-hybridized carbons (Fsp3) is 0.647. The van der Waals surface area contributed by atoms with E-state index in [0.717, 1.165) is 51.1 Å². The summed E-state index contributed by atoms with van der Waals surface area (Å²) in [6.45, 7) is 9.48. The van der Waals surface area contributed by atoms with E-state index in [4.69, 9.17) is 0 Å². The molecule has 0 amide bonds. The van der Waals surface area contributed by atoms with Gasteiger partial charge in [-0.25, -0.2) is 4.39 Å². The van der Waals surface area contributed by atoms with Gasteiger partial charge in [0.1, 0.15) is 5.82 Å². The summed E-state index contributed by atoms with van der Waals surface area (Å²) in [4.78, 5) is 4.77. The van der Waals surface area contributed by atoms with Gasteiger partial charge in [0.25, 0.3) is 0 Å². The van der Waals surface area contributed by atoms with Crippen molar-refractivity contribution < 1.29 is 4.39 Å². The molecule has 4 heteroatoms. The normalized spacial score (nSPS) is 18.6. The molecule has 1 atom stereocenters. The van der Waals surface area contributed by atoms with Crippen molar-refractivity contribution in [2.45, 2.75) is 32.7 Å². The molecule has 1 N–H and O–H groups in total. The number of halogens is 1. The molecule has 1 aromatic rings. The van der Waals surface area contributed by atoms with Crippen LogP contribution in [0.3, 0.4) is 0 Å². The molecule has 0 aliphatic carbocycles. The smallest absolute Gasteiger partial charge is 0.123 e. The predicted molar refractivity (Wildman–Crippen MR) is 87.4 cm³/mol. The van der Waals surface area contributed by atoms with Crippen LogP contribution in [0.25, 0.3) is 0 Å². The lowest BCUT2D eigenvalue weighted by Gasteiger charge is -2.28. The third-order valence-corrected chi connectivity index (χ3v) is 4.22. The van der Waals surface area contributed by atoms with E-state index in [-0.39, 0.29) is 11.9 Å². The van der Waals surface area contributed by atoms with Gasteiger partial charge in [0.05, 0.1) is 0 Å². The molecule has 1 heterocycles. The van der Waals surface area contributed by atoms with Crippen molar-refractivity contribution in [3.63, 3.8) is 0 Å². The van der Waals surface area contributed by atoms with Gasteiger partial charge < -0.3 is 15.1 Å². The van der Waals surface area contributed by atoms with Crippen molar-refractivity contribution in [2.75, 3.05) is 44.7 Å². The average Bonchev–Trinajstić information content (AvgIpc) is 2.69. The van der Waals surface area contributed by atoms with Gasteiger partial charge in [-0.1, -0.05) is 6.92 Å². The Balaban J connectivity index is 2.21. The summed E-state index contributed by atoms with van der Waals surface area (Å²) < 4.78 is 13.7. The molecule has 1 fully saturated rings. The fourth-order valence-electron chi connectivity index (χ4n) is 2.92. The molecule has 0 saturated carbocycles. The first-order valence-electron chi connectivity index (χ1n) is 8.08. The second-order valence-electron chi connectivity index (χ2n) is 6.02. The molecule has 21 heavy (non-hydrogen) atoms. The van der Waals surface area contributed by atoms with Crippen LogP contribution in [0.2, 0.25) is 0 Å². The second-order valence-corrected chi connectivity index (χ2v) is 6.02. The summed E-state index contributed by atoms with van der Waals surface area (Å²) in [6.07, 6.45) is 2.24. The first-order chi connectivity index (χ1) is 10.1. The minimum Gasteiger partial charge on any atom is -0.370 e. The SMILES string of the molecule is CCCNC(C)c1cc(F)ccc1N1CCCN(C)CC1.